The molecule has 10 nitrogen and oxygen atoms in total. The van der Waals surface area contributed by atoms with Gasteiger partial charge in [0.2, 0.25) is 0 Å². The number of nitro benzene ring substituents is 2. The molecule has 0 saturated carbocycles. The third-order valence-electron chi connectivity index (χ3n) is 1.81. The Balaban J connectivity index is 3.06. The predicted molar refractivity (Wildman–Crippen MR) is 60.5 cm³/mol. The number of carbonyl (C=O) groups is 2. The minimum atomic E-state index is -1.19. The van der Waals surface area contributed by atoms with Crippen molar-refractivity contribution in [2.75, 3.05) is 5.32 Å². The quantitative estimate of drug-likeness (QED) is 0.380. The number of nitrogens with zero attached hydrogens (tertiary/aromatic N) is 2. The Kier molecular flexibility index (Phi) is 4.08. The lowest BCUT2D eigenvalue weighted by Gasteiger charge is -2.03. The topological polar surface area (TPSA) is 142 Å². The molecule has 0 unspecified atom stereocenters. The Bertz CT molecular complexity index is 537. The summed E-state index contributed by atoms with van der Waals surface area (Å²) >= 11 is 0. The van der Waals surface area contributed by atoms with Gasteiger partial charge in [-0.1, -0.05) is 0 Å². The van der Waals surface area contributed by atoms with Crippen molar-refractivity contribution in [1.29, 1.82) is 0 Å². The molecule has 0 aromatic heterocycles. The van der Waals surface area contributed by atoms with Crippen LogP contribution in [0.15, 0.2) is 18.2 Å². The molecule has 0 spiro atoms. The third kappa shape index (κ3) is 4.03. The summed E-state index contributed by atoms with van der Waals surface area (Å²) in [4.78, 5) is 41.0. The smallest absolute Gasteiger partial charge is 0.376 e. The molecule has 10 heteroatoms. The fourth-order valence-corrected chi connectivity index (χ4v) is 1.15. The number of ether oxygens (including phenoxy) is 1. The lowest BCUT2D eigenvalue weighted by Crippen LogP contribution is -2.16. The van der Waals surface area contributed by atoms with Crippen molar-refractivity contribution in [2.45, 2.75) is 6.92 Å². The number of non-ortho nitro benzene ring substituents is 2. The van der Waals surface area contributed by atoms with E-state index in [0.717, 1.165) is 25.1 Å². The van der Waals surface area contributed by atoms with Gasteiger partial charge in [-0.05, 0) is 0 Å². The number of nitrogens with one attached hydrogen (secondary N) is 1. The largest absolute Gasteiger partial charge is 0.419 e. The molecule has 0 fully saturated rings. The molecule has 1 amide bonds. The molecule has 0 aliphatic rings. The summed E-state index contributed by atoms with van der Waals surface area (Å²) in [6.45, 7) is 0.982. The van der Waals surface area contributed by atoms with Gasteiger partial charge in [-0.15, -0.1) is 0 Å². The zero-order valence-corrected chi connectivity index (χ0v) is 9.48. The number of nitro groups is 2. The minimum Gasteiger partial charge on any atom is -0.376 e. The van der Waals surface area contributed by atoms with Crippen LogP contribution in [-0.2, 0) is 9.53 Å². The van der Waals surface area contributed by atoms with Crippen LogP contribution in [0.5, 0.6) is 0 Å². The molecule has 1 rings (SSSR count). The van der Waals surface area contributed by atoms with Crippen LogP contribution in [-0.4, -0.2) is 21.9 Å². The van der Waals surface area contributed by atoms with Crippen molar-refractivity contribution >= 4 is 29.1 Å². The monoisotopic (exact) mass is 269 g/mol. The molecule has 0 aliphatic heterocycles. The van der Waals surface area contributed by atoms with Gasteiger partial charge in [-0.2, -0.15) is 0 Å². The molecular weight excluding hydrogens is 262 g/mol. The van der Waals surface area contributed by atoms with E-state index in [0.29, 0.717) is 0 Å². The maximum absolute atomic E-state index is 11.1. The van der Waals surface area contributed by atoms with Crippen LogP contribution < -0.4 is 5.32 Å². The average Bonchev–Trinajstić information content (AvgIpc) is 2.26. The average molecular weight is 269 g/mol. The van der Waals surface area contributed by atoms with E-state index in [4.69, 9.17) is 0 Å². The SMILES string of the molecule is CC(=O)OC(=O)Nc1cc([N+](=O)[O-])cc([N+](=O)[O-])c1. The number of anilines is 1. The Morgan fingerprint density at radius 3 is 1.95 bits per heavy atom. The number of carbonyl (C=O) groups excluding carboxylic acids is 2. The van der Waals surface area contributed by atoms with Gasteiger partial charge in [0.15, 0.2) is 0 Å². The molecule has 100 valence electrons. The van der Waals surface area contributed by atoms with Crippen LogP contribution in [0.25, 0.3) is 0 Å². The second-order valence-electron chi connectivity index (χ2n) is 3.26. The highest BCUT2D eigenvalue weighted by atomic mass is 16.6. The van der Waals surface area contributed by atoms with E-state index in [2.05, 4.69) is 4.74 Å². The zero-order chi connectivity index (χ0) is 14.6. The molecule has 1 N–H and O–H groups in total. The summed E-state index contributed by atoms with van der Waals surface area (Å²) in [5, 5.41) is 23.1. The van der Waals surface area contributed by atoms with Crippen molar-refractivity contribution in [1.82, 2.24) is 0 Å². The predicted octanol–water partition coefficient (Wildman–Crippen LogP) is 1.60. The summed E-state index contributed by atoms with van der Waals surface area (Å²) in [7, 11) is 0. The minimum absolute atomic E-state index is 0.229. The first-order valence-electron chi connectivity index (χ1n) is 4.73. The summed E-state index contributed by atoms with van der Waals surface area (Å²) in [6, 6.07) is 2.53. The molecule has 0 heterocycles. The van der Waals surface area contributed by atoms with Crippen LogP contribution in [0.4, 0.5) is 21.9 Å². The lowest BCUT2D eigenvalue weighted by atomic mass is 10.2. The molecule has 0 radical (unpaired) electrons. The summed E-state index contributed by atoms with van der Waals surface area (Å²) in [5.74, 6) is -0.891. The number of hydrogen-bond donors (Lipinski definition) is 1. The molecule has 1 aromatic rings. The van der Waals surface area contributed by atoms with Crippen LogP contribution in [0.1, 0.15) is 6.92 Å². The molecule has 0 aliphatic carbocycles. The number of esters is 1. The maximum Gasteiger partial charge on any atom is 0.419 e. The van der Waals surface area contributed by atoms with E-state index in [9.17, 15) is 29.8 Å². The number of rotatable bonds is 3. The molecular formula is C9H7N3O7. The number of benzene rings is 1. The van der Waals surface area contributed by atoms with E-state index < -0.39 is 33.3 Å². The highest BCUT2D eigenvalue weighted by Crippen LogP contribution is 2.25. The molecule has 1 aromatic carbocycles. The summed E-state index contributed by atoms with van der Waals surface area (Å²) in [5.41, 5.74) is -1.38. The van der Waals surface area contributed by atoms with Crippen LogP contribution in [0, 0.1) is 20.2 Å². The molecule has 0 atom stereocenters. The standard InChI is InChI=1S/C9H7N3O7/c1-5(13)19-9(14)10-6-2-7(11(15)16)4-8(3-6)12(17)18/h2-4H,1H3,(H,10,14). The first kappa shape index (κ1) is 14.0. The molecule has 0 saturated heterocycles. The Hall–Kier alpha value is -3.04. The van der Waals surface area contributed by atoms with E-state index >= 15 is 0 Å². The van der Waals surface area contributed by atoms with Gasteiger partial charge >= 0.3 is 12.1 Å². The van der Waals surface area contributed by atoms with Gasteiger partial charge in [-0.25, -0.2) is 4.79 Å². The fourth-order valence-electron chi connectivity index (χ4n) is 1.15. The van der Waals surface area contributed by atoms with Crippen LogP contribution in [0.2, 0.25) is 0 Å². The van der Waals surface area contributed by atoms with Gasteiger partial charge in [0, 0.05) is 19.1 Å². The first-order valence-corrected chi connectivity index (χ1v) is 4.73. The third-order valence-corrected chi connectivity index (χ3v) is 1.81. The maximum atomic E-state index is 11.1. The fraction of sp³-hybridized carbons (Fsp3) is 0.111. The highest BCUT2D eigenvalue weighted by molar-refractivity contribution is 5.92. The van der Waals surface area contributed by atoms with Crippen molar-refractivity contribution in [3.8, 4) is 0 Å². The Morgan fingerprint density at radius 1 is 1.11 bits per heavy atom. The van der Waals surface area contributed by atoms with Crippen molar-refractivity contribution < 1.29 is 24.2 Å². The van der Waals surface area contributed by atoms with E-state index in [-0.39, 0.29) is 5.69 Å². The van der Waals surface area contributed by atoms with Gasteiger partial charge in [0.25, 0.3) is 11.4 Å². The second kappa shape index (κ2) is 5.53. The molecule has 19 heavy (non-hydrogen) atoms. The van der Waals surface area contributed by atoms with E-state index in [1.54, 1.807) is 0 Å². The molecule has 0 bridgehead atoms. The van der Waals surface area contributed by atoms with Gasteiger partial charge < -0.3 is 4.74 Å². The summed E-state index contributed by atoms with van der Waals surface area (Å²) in [6.07, 6.45) is -1.19. The lowest BCUT2D eigenvalue weighted by molar-refractivity contribution is -0.394. The van der Waals surface area contributed by atoms with E-state index in [1.165, 1.54) is 0 Å². The normalized spacial score (nSPS) is 9.53. The van der Waals surface area contributed by atoms with Crippen LogP contribution >= 0.6 is 0 Å². The second-order valence-corrected chi connectivity index (χ2v) is 3.26. The van der Waals surface area contributed by atoms with Crippen molar-refractivity contribution in [3.63, 3.8) is 0 Å². The van der Waals surface area contributed by atoms with Gasteiger partial charge in [0.05, 0.1) is 21.6 Å². The van der Waals surface area contributed by atoms with Crippen molar-refractivity contribution in [2.24, 2.45) is 0 Å². The van der Waals surface area contributed by atoms with Crippen LogP contribution in [0.3, 0.4) is 0 Å². The number of hydrogen-bond acceptors (Lipinski definition) is 7. The Labute approximate surface area is 105 Å². The zero-order valence-electron chi connectivity index (χ0n) is 9.48. The van der Waals surface area contributed by atoms with Gasteiger partial charge in [0.1, 0.15) is 0 Å². The van der Waals surface area contributed by atoms with E-state index in [1.807, 2.05) is 5.32 Å². The highest BCUT2D eigenvalue weighted by Gasteiger charge is 2.18. The summed E-state index contributed by atoms with van der Waals surface area (Å²) < 4.78 is 4.13. The van der Waals surface area contributed by atoms with Gasteiger partial charge in [-0.3, -0.25) is 30.3 Å². The van der Waals surface area contributed by atoms with Crippen molar-refractivity contribution in [3.05, 3.63) is 38.4 Å². The Morgan fingerprint density at radius 2 is 1.58 bits per heavy atom. The first-order chi connectivity index (χ1) is 8.79. The number of amides is 1.